The van der Waals surface area contributed by atoms with E-state index in [1.54, 1.807) is 6.08 Å². The van der Waals surface area contributed by atoms with Crippen molar-refractivity contribution in [1.29, 1.82) is 0 Å². The van der Waals surface area contributed by atoms with Crippen molar-refractivity contribution in [3.8, 4) is 0 Å². The average Bonchev–Trinajstić information content (AvgIpc) is 2.81. The van der Waals surface area contributed by atoms with Gasteiger partial charge in [0.1, 0.15) is 0 Å². The summed E-state index contributed by atoms with van der Waals surface area (Å²) in [6.45, 7) is 0.781. The highest BCUT2D eigenvalue weighted by molar-refractivity contribution is 5.73. The van der Waals surface area contributed by atoms with Gasteiger partial charge in [-0.3, -0.25) is 4.48 Å². The summed E-state index contributed by atoms with van der Waals surface area (Å²) in [4.78, 5) is 33.5. The van der Waals surface area contributed by atoms with E-state index >= 15 is 0 Å². The molecule has 0 aliphatic carbocycles. The molecule has 0 aliphatic heterocycles. The summed E-state index contributed by atoms with van der Waals surface area (Å²) in [5.41, 5.74) is 0. The van der Waals surface area contributed by atoms with E-state index in [1.165, 1.54) is 109 Å². The van der Waals surface area contributed by atoms with E-state index in [-0.39, 0.29) is 6.54 Å². The van der Waals surface area contributed by atoms with Crippen molar-refractivity contribution >= 4 is 17.9 Å². The molecular formula is C30H56NO6+. The predicted octanol–water partition coefficient (Wildman–Crippen LogP) is 7.44. The maximum atomic E-state index is 11.2. The van der Waals surface area contributed by atoms with Crippen LogP contribution in [0.4, 0.5) is 0 Å². The second-order valence-corrected chi connectivity index (χ2v) is 10.8. The fourth-order valence-electron chi connectivity index (χ4n) is 4.98. The highest BCUT2D eigenvalue weighted by Gasteiger charge is 2.34. The van der Waals surface area contributed by atoms with Gasteiger partial charge in [-0.15, -0.1) is 0 Å². The lowest BCUT2D eigenvalue weighted by Gasteiger charge is -2.33. The number of unbranched alkanes of at least 4 members (excludes halogenated alkanes) is 19. The van der Waals surface area contributed by atoms with Gasteiger partial charge in [-0.05, 0) is 18.9 Å². The molecule has 0 aromatic carbocycles. The summed E-state index contributed by atoms with van der Waals surface area (Å²) in [7, 11) is 0. The number of rotatable bonds is 28. The third-order valence-corrected chi connectivity index (χ3v) is 7.05. The molecule has 7 nitrogen and oxygen atoms in total. The number of nitrogens with zero attached hydrogens (tertiary/aromatic N) is 1. The molecule has 0 amide bonds. The molecule has 0 aromatic rings. The van der Waals surface area contributed by atoms with Crippen LogP contribution in [0.15, 0.2) is 12.2 Å². The second kappa shape index (κ2) is 24.4. The van der Waals surface area contributed by atoms with E-state index in [4.69, 9.17) is 15.3 Å². The fraction of sp³-hybridized carbons (Fsp3) is 0.833. The first-order chi connectivity index (χ1) is 17.8. The van der Waals surface area contributed by atoms with Crippen LogP contribution in [0.2, 0.25) is 0 Å². The van der Waals surface area contributed by atoms with Crippen LogP contribution in [0.1, 0.15) is 135 Å². The molecule has 3 N–H and O–H groups in total. The van der Waals surface area contributed by atoms with E-state index in [9.17, 15) is 14.4 Å². The van der Waals surface area contributed by atoms with Crippen molar-refractivity contribution < 1.29 is 34.2 Å². The maximum absolute atomic E-state index is 11.2. The van der Waals surface area contributed by atoms with Crippen LogP contribution in [-0.2, 0) is 14.4 Å². The van der Waals surface area contributed by atoms with E-state index in [0.29, 0.717) is 0 Å². The lowest BCUT2D eigenvalue weighted by atomic mass is 10.0. The molecule has 0 rings (SSSR count). The number of carboxylic acids is 3. The van der Waals surface area contributed by atoms with Gasteiger partial charge in [0.15, 0.2) is 19.6 Å². The molecule has 0 unspecified atom stereocenters. The summed E-state index contributed by atoms with van der Waals surface area (Å²) in [5, 5.41) is 27.4. The molecule has 0 heterocycles. The molecular weight excluding hydrogens is 470 g/mol. The minimum atomic E-state index is -1.20. The van der Waals surface area contributed by atoms with Crippen molar-refractivity contribution in [2.75, 3.05) is 26.2 Å². The summed E-state index contributed by atoms with van der Waals surface area (Å²) < 4.78 is -0.518. The molecule has 0 aliphatic rings. The van der Waals surface area contributed by atoms with Crippen LogP contribution in [0.5, 0.6) is 0 Å². The number of allylic oxidation sites excluding steroid dienone is 1. The largest absolute Gasteiger partial charge is 0.477 e. The van der Waals surface area contributed by atoms with Gasteiger partial charge in [-0.2, -0.15) is 0 Å². The van der Waals surface area contributed by atoms with Crippen molar-refractivity contribution in [1.82, 2.24) is 0 Å². The monoisotopic (exact) mass is 526 g/mol. The molecule has 0 fully saturated rings. The molecule has 0 bridgehead atoms. The third kappa shape index (κ3) is 24.2. The van der Waals surface area contributed by atoms with Crippen molar-refractivity contribution in [2.45, 2.75) is 135 Å². The number of hydrogen-bond acceptors (Lipinski definition) is 3. The number of aliphatic carboxylic acids is 3. The van der Waals surface area contributed by atoms with Crippen LogP contribution in [0.3, 0.4) is 0 Å². The lowest BCUT2D eigenvalue weighted by molar-refractivity contribution is -0.902. The van der Waals surface area contributed by atoms with Gasteiger partial charge in [-0.1, -0.05) is 129 Å². The Morgan fingerprint density at radius 1 is 0.486 bits per heavy atom. The predicted molar refractivity (Wildman–Crippen MR) is 150 cm³/mol. The molecule has 216 valence electrons. The Morgan fingerprint density at radius 2 is 0.784 bits per heavy atom. The highest BCUT2D eigenvalue weighted by Crippen LogP contribution is 2.15. The number of hydrogen-bond donors (Lipinski definition) is 3. The Labute approximate surface area is 225 Å². The zero-order valence-corrected chi connectivity index (χ0v) is 23.6. The molecule has 37 heavy (non-hydrogen) atoms. The van der Waals surface area contributed by atoms with Gasteiger partial charge in [0.05, 0.1) is 6.54 Å². The van der Waals surface area contributed by atoms with Crippen LogP contribution in [0.25, 0.3) is 0 Å². The van der Waals surface area contributed by atoms with Gasteiger partial charge < -0.3 is 15.3 Å². The smallest absolute Gasteiger partial charge is 0.359 e. The van der Waals surface area contributed by atoms with Gasteiger partial charge >= 0.3 is 17.9 Å². The summed E-state index contributed by atoms with van der Waals surface area (Å²) >= 11 is 0. The molecule has 0 saturated carbocycles. The Kier molecular flexibility index (Phi) is 23.2. The molecule has 7 heteroatoms. The van der Waals surface area contributed by atoms with Gasteiger partial charge in [0, 0.05) is 0 Å². The Morgan fingerprint density at radius 3 is 1.08 bits per heavy atom. The number of carbonyl (C=O) groups is 3. The summed E-state index contributed by atoms with van der Waals surface area (Å²) in [5.74, 6) is -3.60. The SMILES string of the molecule is CCCCCCCCCCCCCCCCCCCCC/C=C/C[N+](CC(=O)O)(CC(=O)O)CC(=O)O. The Hall–Kier alpha value is -1.89. The van der Waals surface area contributed by atoms with Crippen molar-refractivity contribution in [3.05, 3.63) is 12.2 Å². The van der Waals surface area contributed by atoms with Gasteiger partial charge in [0.2, 0.25) is 0 Å². The highest BCUT2D eigenvalue weighted by atomic mass is 16.4. The third-order valence-electron chi connectivity index (χ3n) is 7.05. The zero-order valence-electron chi connectivity index (χ0n) is 23.6. The minimum absolute atomic E-state index is 0.0873. The zero-order chi connectivity index (χ0) is 27.6. The van der Waals surface area contributed by atoms with E-state index in [1.807, 2.05) is 6.08 Å². The van der Waals surface area contributed by atoms with Gasteiger partial charge in [0.25, 0.3) is 0 Å². The fourth-order valence-corrected chi connectivity index (χ4v) is 4.98. The van der Waals surface area contributed by atoms with Crippen molar-refractivity contribution in [3.63, 3.8) is 0 Å². The first kappa shape index (κ1) is 35.1. The quantitative estimate of drug-likeness (QED) is 0.0555. The molecule has 0 atom stereocenters. The van der Waals surface area contributed by atoms with E-state index in [0.717, 1.165) is 19.3 Å². The molecule has 0 saturated heterocycles. The normalized spacial score (nSPS) is 11.8. The van der Waals surface area contributed by atoms with Crippen LogP contribution < -0.4 is 0 Å². The van der Waals surface area contributed by atoms with Gasteiger partial charge in [-0.25, -0.2) is 14.4 Å². The Bertz CT molecular complexity index is 578. The lowest BCUT2D eigenvalue weighted by Crippen LogP contribution is -2.56. The molecule has 0 aromatic heterocycles. The summed E-state index contributed by atoms with van der Waals surface area (Å²) in [6, 6.07) is 0. The van der Waals surface area contributed by atoms with Crippen LogP contribution in [0, 0.1) is 0 Å². The second-order valence-electron chi connectivity index (χ2n) is 10.8. The van der Waals surface area contributed by atoms with Crippen molar-refractivity contribution in [2.24, 2.45) is 0 Å². The number of quaternary nitrogens is 1. The topological polar surface area (TPSA) is 112 Å². The Balaban J connectivity index is 3.68. The van der Waals surface area contributed by atoms with Crippen LogP contribution in [-0.4, -0.2) is 63.9 Å². The first-order valence-electron chi connectivity index (χ1n) is 15.0. The maximum Gasteiger partial charge on any atom is 0.359 e. The molecule has 0 radical (unpaired) electrons. The van der Waals surface area contributed by atoms with Crippen LogP contribution >= 0.6 is 0 Å². The standard InChI is InChI=1S/C30H55NO6/c1-2-3-4-5-6-7-8-9-10-11-12-13-14-15-16-17-18-19-20-21-22-23-24-31(25-28(32)33,26-29(34)35)27-30(36)37/h22-23H,2-21,24-27H2,1H3,(H2-,32,33,34,35,36,37)/p+1/b23-22+. The average molecular weight is 527 g/mol. The van der Waals surface area contributed by atoms with E-state index < -0.39 is 42.0 Å². The number of carboxylic acid groups (broad SMARTS) is 3. The van der Waals surface area contributed by atoms with E-state index in [2.05, 4.69) is 6.92 Å². The first-order valence-corrected chi connectivity index (χ1v) is 15.0. The molecule has 0 spiro atoms. The summed E-state index contributed by atoms with van der Waals surface area (Å²) in [6.07, 6.45) is 29.9. The minimum Gasteiger partial charge on any atom is -0.477 e.